The van der Waals surface area contributed by atoms with Gasteiger partial charge < -0.3 is 15.6 Å². The van der Waals surface area contributed by atoms with Crippen LogP contribution in [0, 0.1) is 0 Å². The number of benzene rings is 1. The quantitative estimate of drug-likeness (QED) is 0.717. The molecule has 0 saturated heterocycles. The number of nitrogens with two attached hydrogens (primary N) is 1. The van der Waals surface area contributed by atoms with Crippen LogP contribution in [0.25, 0.3) is 0 Å². The summed E-state index contributed by atoms with van der Waals surface area (Å²) in [6.07, 6.45) is 0.913. The zero-order valence-electron chi connectivity index (χ0n) is 7.36. The molecule has 0 aliphatic carbocycles. The average molecular weight is 179 g/mol. The molecule has 0 amide bonds. The molecule has 3 heteroatoms. The number of hydrogen-bond donors (Lipinski definition) is 2. The van der Waals surface area contributed by atoms with E-state index >= 15 is 0 Å². The molecule has 1 heterocycles. The summed E-state index contributed by atoms with van der Waals surface area (Å²) in [6, 6.07) is 5.47. The zero-order valence-corrected chi connectivity index (χ0v) is 7.36. The van der Waals surface area contributed by atoms with E-state index in [0.717, 1.165) is 12.0 Å². The summed E-state index contributed by atoms with van der Waals surface area (Å²) >= 11 is 0. The molecule has 70 valence electrons. The van der Waals surface area contributed by atoms with Gasteiger partial charge in [-0.3, -0.25) is 0 Å². The summed E-state index contributed by atoms with van der Waals surface area (Å²) in [7, 11) is 0. The Hall–Kier alpha value is -1.22. The van der Waals surface area contributed by atoms with Crippen molar-refractivity contribution in [1.29, 1.82) is 0 Å². The van der Waals surface area contributed by atoms with Gasteiger partial charge in [-0.15, -0.1) is 0 Å². The van der Waals surface area contributed by atoms with Crippen LogP contribution in [0.15, 0.2) is 18.2 Å². The van der Waals surface area contributed by atoms with Gasteiger partial charge in [0.25, 0.3) is 0 Å². The normalized spacial score (nSPS) is 19.6. The minimum atomic E-state index is 0.233. The topological polar surface area (TPSA) is 55.5 Å². The third-order valence-electron chi connectivity index (χ3n) is 2.41. The molecular weight excluding hydrogens is 166 g/mol. The molecule has 1 aromatic carbocycles. The first-order valence-corrected chi connectivity index (χ1v) is 4.47. The van der Waals surface area contributed by atoms with E-state index < -0.39 is 0 Å². The SMILES string of the molecule is NCCC1COc2c(O)cccc21. The zero-order chi connectivity index (χ0) is 9.26. The second-order valence-corrected chi connectivity index (χ2v) is 3.28. The number of phenolic OH excluding ortho intramolecular Hbond substituents is 1. The highest BCUT2D eigenvalue weighted by Gasteiger charge is 2.25. The van der Waals surface area contributed by atoms with Gasteiger partial charge in [-0.1, -0.05) is 12.1 Å². The molecule has 0 radical (unpaired) electrons. The molecule has 0 aromatic heterocycles. The fourth-order valence-electron chi connectivity index (χ4n) is 1.73. The molecule has 1 aliphatic rings. The number of aromatic hydroxyl groups is 1. The largest absolute Gasteiger partial charge is 0.504 e. The van der Waals surface area contributed by atoms with Crippen LogP contribution in [0.5, 0.6) is 11.5 Å². The smallest absolute Gasteiger partial charge is 0.164 e. The molecule has 13 heavy (non-hydrogen) atoms. The van der Waals surface area contributed by atoms with Crippen molar-refractivity contribution >= 4 is 0 Å². The molecule has 0 spiro atoms. The lowest BCUT2D eigenvalue weighted by molar-refractivity contribution is 0.311. The number of phenols is 1. The van der Waals surface area contributed by atoms with Crippen molar-refractivity contribution in [2.45, 2.75) is 12.3 Å². The number of rotatable bonds is 2. The van der Waals surface area contributed by atoms with Crippen LogP contribution in [-0.2, 0) is 0 Å². The van der Waals surface area contributed by atoms with Crippen molar-refractivity contribution in [3.63, 3.8) is 0 Å². The van der Waals surface area contributed by atoms with E-state index in [9.17, 15) is 5.11 Å². The molecule has 3 nitrogen and oxygen atoms in total. The minimum Gasteiger partial charge on any atom is -0.504 e. The van der Waals surface area contributed by atoms with E-state index in [0.29, 0.717) is 24.8 Å². The first-order chi connectivity index (χ1) is 6.33. The molecule has 1 aromatic rings. The van der Waals surface area contributed by atoms with E-state index in [1.165, 1.54) is 0 Å². The van der Waals surface area contributed by atoms with Crippen LogP contribution in [0.4, 0.5) is 0 Å². The summed E-state index contributed by atoms with van der Waals surface area (Å²) in [4.78, 5) is 0. The summed E-state index contributed by atoms with van der Waals surface area (Å²) < 4.78 is 5.39. The second kappa shape index (κ2) is 3.26. The van der Waals surface area contributed by atoms with E-state index in [-0.39, 0.29) is 5.75 Å². The van der Waals surface area contributed by atoms with Crippen molar-refractivity contribution in [3.05, 3.63) is 23.8 Å². The van der Waals surface area contributed by atoms with Gasteiger partial charge in [0, 0.05) is 11.5 Å². The van der Waals surface area contributed by atoms with Crippen molar-refractivity contribution in [1.82, 2.24) is 0 Å². The Morgan fingerprint density at radius 1 is 1.54 bits per heavy atom. The third kappa shape index (κ3) is 1.35. The fourth-order valence-corrected chi connectivity index (χ4v) is 1.73. The maximum Gasteiger partial charge on any atom is 0.164 e. The van der Waals surface area contributed by atoms with Crippen LogP contribution < -0.4 is 10.5 Å². The molecular formula is C10H13NO2. The minimum absolute atomic E-state index is 0.233. The highest BCUT2D eigenvalue weighted by molar-refractivity contribution is 5.49. The molecule has 0 saturated carbocycles. The third-order valence-corrected chi connectivity index (χ3v) is 2.41. The number of para-hydroxylation sites is 1. The maximum atomic E-state index is 9.46. The van der Waals surface area contributed by atoms with E-state index in [4.69, 9.17) is 10.5 Å². The van der Waals surface area contributed by atoms with Gasteiger partial charge in [-0.25, -0.2) is 0 Å². The van der Waals surface area contributed by atoms with Crippen molar-refractivity contribution in [3.8, 4) is 11.5 Å². The second-order valence-electron chi connectivity index (χ2n) is 3.28. The van der Waals surface area contributed by atoms with Gasteiger partial charge in [0.15, 0.2) is 11.5 Å². The van der Waals surface area contributed by atoms with Gasteiger partial charge >= 0.3 is 0 Å². The molecule has 0 fully saturated rings. The van der Waals surface area contributed by atoms with Crippen LogP contribution in [0.2, 0.25) is 0 Å². The molecule has 1 atom stereocenters. The van der Waals surface area contributed by atoms with Crippen LogP contribution in [-0.4, -0.2) is 18.3 Å². The van der Waals surface area contributed by atoms with Crippen LogP contribution in [0.1, 0.15) is 17.9 Å². The lowest BCUT2D eigenvalue weighted by Crippen LogP contribution is -2.08. The predicted molar refractivity (Wildman–Crippen MR) is 50.0 cm³/mol. The van der Waals surface area contributed by atoms with Crippen LogP contribution >= 0.6 is 0 Å². The van der Waals surface area contributed by atoms with E-state index in [1.54, 1.807) is 6.07 Å². The van der Waals surface area contributed by atoms with Gasteiger partial charge in [-0.2, -0.15) is 0 Å². The van der Waals surface area contributed by atoms with Crippen molar-refractivity contribution in [2.75, 3.05) is 13.2 Å². The van der Waals surface area contributed by atoms with Crippen molar-refractivity contribution in [2.24, 2.45) is 5.73 Å². The Kier molecular flexibility index (Phi) is 2.10. The molecule has 1 unspecified atom stereocenters. The Morgan fingerprint density at radius 3 is 3.15 bits per heavy atom. The molecule has 3 N–H and O–H groups in total. The van der Waals surface area contributed by atoms with Crippen molar-refractivity contribution < 1.29 is 9.84 Å². The lowest BCUT2D eigenvalue weighted by Gasteiger charge is -2.05. The molecule has 1 aliphatic heterocycles. The Labute approximate surface area is 77.1 Å². The van der Waals surface area contributed by atoms with Gasteiger partial charge in [0.1, 0.15) is 0 Å². The summed E-state index contributed by atoms with van der Waals surface area (Å²) in [5.41, 5.74) is 6.57. The Bertz CT molecular complexity index is 312. The predicted octanol–water partition coefficient (Wildman–Crippen LogP) is 1.22. The van der Waals surface area contributed by atoms with E-state index in [2.05, 4.69) is 0 Å². The monoisotopic (exact) mass is 179 g/mol. The summed E-state index contributed by atoms with van der Waals surface area (Å²) in [6.45, 7) is 1.30. The standard InChI is InChI=1S/C10H13NO2/c11-5-4-7-6-13-10-8(7)2-1-3-9(10)12/h1-3,7,12H,4-6,11H2. The maximum absolute atomic E-state index is 9.46. The highest BCUT2D eigenvalue weighted by Crippen LogP contribution is 2.41. The first-order valence-electron chi connectivity index (χ1n) is 4.47. The fraction of sp³-hybridized carbons (Fsp3) is 0.400. The highest BCUT2D eigenvalue weighted by atomic mass is 16.5. The summed E-state index contributed by atoms with van der Waals surface area (Å²) in [5, 5.41) is 9.46. The van der Waals surface area contributed by atoms with Gasteiger partial charge in [0.05, 0.1) is 6.61 Å². The Balaban J connectivity index is 2.32. The number of ether oxygens (including phenoxy) is 1. The van der Waals surface area contributed by atoms with Crippen LogP contribution in [0.3, 0.4) is 0 Å². The Morgan fingerprint density at radius 2 is 2.38 bits per heavy atom. The lowest BCUT2D eigenvalue weighted by atomic mass is 9.98. The number of fused-ring (bicyclic) bond motifs is 1. The number of hydrogen-bond acceptors (Lipinski definition) is 3. The summed E-state index contributed by atoms with van der Waals surface area (Å²) in [5.74, 6) is 1.23. The van der Waals surface area contributed by atoms with Gasteiger partial charge in [-0.05, 0) is 19.0 Å². The van der Waals surface area contributed by atoms with Gasteiger partial charge in [0.2, 0.25) is 0 Å². The molecule has 0 bridgehead atoms. The average Bonchev–Trinajstić information content (AvgIpc) is 2.51. The first kappa shape index (κ1) is 8.38. The van der Waals surface area contributed by atoms with E-state index in [1.807, 2.05) is 12.1 Å². The molecule has 2 rings (SSSR count).